The summed E-state index contributed by atoms with van der Waals surface area (Å²) in [6.07, 6.45) is 0. The van der Waals surface area contributed by atoms with Crippen molar-refractivity contribution in [3.05, 3.63) is 59.4 Å². The van der Waals surface area contributed by atoms with E-state index >= 15 is 0 Å². The summed E-state index contributed by atoms with van der Waals surface area (Å²) in [6, 6.07) is 9.95. The molecular formula is C15H15FN2O3S. The SMILES string of the molecule is CNS(=O)(=O)c1ccc(C)c(C(=O)Nc2ccccc2F)c1. The molecule has 2 aromatic carbocycles. The van der Waals surface area contributed by atoms with Crippen LogP contribution in [-0.2, 0) is 10.0 Å². The lowest BCUT2D eigenvalue weighted by Gasteiger charge is -2.10. The predicted octanol–water partition coefficient (Wildman–Crippen LogP) is 2.29. The number of hydrogen-bond acceptors (Lipinski definition) is 3. The first-order valence-corrected chi connectivity index (χ1v) is 7.93. The summed E-state index contributed by atoms with van der Waals surface area (Å²) in [5.74, 6) is -1.14. The lowest BCUT2D eigenvalue weighted by Crippen LogP contribution is -2.20. The number of halogens is 1. The Bertz CT molecular complexity index is 819. The Morgan fingerprint density at radius 3 is 2.45 bits per heavy atom. The first kappa shape index (κ1) is 16.1. The second-order valence-corrected chi connectivity index (χ2v) is 6.50. The van der Waals surface area contributed by atoms with Crippen LogP contribution in [0, 0.1) is 12.7 Å². The summed E-state index contributed by atoms with van der Waals surface area (Å²) in [5.41, 5.74) is 0.789. The topological polar surface area (TPSA) is 75.3 Å². The highest BCUT2D eigenvalue weighted by Gasteiger charge is 2.17. The van der Waals surface area contributed by atoms with E-state index < -0.39 is 21.7 Å². The molecule has 0 radical (unpaired) electrons. The minimum Gasteiger partial charge on any atom is -0.319 e. The van der Waals surface area contributed by atoms with Gasteiger partial charge in [0.2, 0.25) is 10.0 Å². The van der Waals surface area contributed by atoms with Crippen molar-refractivity contribution in [1.82, 2.24) is 4.72 Å². The van der Waals surface area contributed by atoms with Crippen molar-refractivity contribution < 1.29 is 17.6 Å². The molecule has 116 valence electrons. The molecule has 0 aliphatic heterocycles. The van der Waals surface area contributed by atoms with Crippen LogP contribution in [0.2, 0.25) is 0 Å². The third kappa shape index (κ3) is 3.32. The van der Waals surface area contributed by atoms with Crippen molar-refractivity contribution in [2.75, 3.05) is 12.4 Å². The fourth-order valence-electron chi connectivity index (χ4n) is 1.88. The van der Waals surface area contributed by atoms with Crippen LogP contribution in [0.4, 0.5) is 10.1 Å². The number of carbonyl (C=O) groups excluding carboxylic acids is 1. The predicted molar refractivity (Wildman–Crippen MR) is 81.8 cm³/mol. The van der Waals surface area contributed by atoms with Crippen LogP contribution < -0.4 is 10.0 Å². The van der Waals surface area contributed by atoms with Gasteiger partial charge in [-0.3, -0.25) is 4.79 Å². The fraction of sp³-hybridized carbons (Fsp3) is 0.133. The quantitative estimate of drug-likeness (QED) is 0.907. The van der Waals surface area contributed by atoms with Crippen molar-refractivity contribution in [3.63, 3.8) is 0 Å². The standard InChI is InChI=1S/C15H15FN2O3S/c1-10-7-8-11(22(20,21)17-2)9-12(10)15(19)18-14-6-4-3-5-13(14)16/h3-9,17H,1-2H3,(H,18,19). The van der Waals surface area contributed by atoms with Crippen molar-refractivity contribution in [2.45, 2.75) is 11.8 Å². The van der Waals surface area contributed by atoms with E-state index in [1.165, 1.54) is 43.4 Å². The van der Waals surface area contributed by atoms with Gasteiger partial charge >= 0.3 is 0 Å². The largest absolute Gasteiger partial charge is 0.319 e. The molecule has 0 fully saturated rings. The number of carbonyl (C=O) groups is 1. The molecule has 0 atom stereocenters. The second-order valence-electron chi connectivity index (χ2n) is 4.62. The van der Waals surface area contributed by atoms with Crippen LogP contribution in [0.5, 0.6) is 0 Å². The van der Waals surface area contributed by atoms with E-state index in [-0.39, 0.29) is 16.1 Å². The van der Waals surface area contributed by atoms with Crippen LogP contribution in [-0.4, -0.2) is 21.4 Å². The molecular weight excluding hydrogens is 307 g/mol. The summed E-state index contributed by atoms with van der Waals surface area (Å²) in [6.45, 7) is 1.67. The van der Waals surface area contributed by atoms with Gasteiger partial charge in [-0.2, -0.15) is 0 Å². The molecule has 0 saturated heterocycles. The second kappa shape index (κ2) is 6.25. The normalized spacial score (nSPS) is 11.2. The van der Waals surface area contributed by atoms with E-state index in [1.807, 2.05) is 0 Å². The van der Waals surface area contributed by atoms with E-state index in [9.17, 15) is 17.6 Å². The van der Waals surface area contributed by atoms with Gasteiger partial charge in [0.25, 0.3) is 5.91 Å². The monoisotopic (exact) mass is 322 g/mol. The molecule has 0 bridgehead atoms. The summed E-state index contributed by atoms with van der Waals surface area (Å²) < 4.78 is 39.3. The average Bonchev–Trinajstić information content (AvgIpc) is 2.49. The number of amides is 1. The Hall–Kier alpha value is -2.25. The van der Waals surface area contributed by atoms with Gasteiger partial charge in [-0.1, -0.05) is 18.2 Å². The molecule has 0 saturated carbocycles. The molecule has 0 aliphatic carbocycles. The summed E-state index contributed by atoms with van der Waals surface area (Å²) in [4.78, 5) is 12.2. The van der Waals surface area contributed by atoms with Gasteiger partial charge < -0.3 is 5.32 Å². The minimum atomic E-state index is -3.66. The van der Waals surface area contributed by atoms with Crippen LogP contribution >= 0.6 is 0 Å². The summed E-state index contributed by atoms with van der Waals surface area (Å²) in [5, 5.41) is 2.43. The van der Waals surface area contributed by atoms with Crippen LogP contribution in [0.15, 0.2) is 47.4 Å². The Morgan fingerprint density at radius 2 is 1.82 bits per heavy atom. The van der Waals surface area contributed by atoms with E-state index in [1.54, 1.807) is 13.0 Å². The Kier molecular flexibility index (Phi) is 4.58. The van der Waals surface area contributed by atoms with Crippen molar-refractivity contribution in [2.24, 2.45) is 0 Å². The molecule has 0 heterocycles. The summed E-state index contributed by atoms with van der Waals surface area (Å²) in [7, 11) is -2.37. The molecule has 1 amide bonds. The van der Waals surface area contributed by atoms with Gasteiger partial charge in [-0.05, 0) is 43.8 Å². The third-order valence-electron chi connectivity index (χ3n) is 3.15. The maximum atomic E-state index is 13.6. The molecule has 5 nitrogen and oxygen atoms in total. The fourth-order valence-corrected chi connectivity index (χ4v) is 2.64. The number of aryl methyl sites for hydroxylation is 1. The molecule has 7 heteroatoms. The van der Waals surface area contributed by atoms with Gasteiger partial charge in [0.1, 0.15) is 5.82 Å². The zero-order valence-corrected chi connectivity index (χ0v) is 12.9. The van der Waals surface area contributed by atoms with Gasteiger partial charge in [-0.15, -0.1) is 0 Å². The number of anilines is 1. The smallest absolute Gasteiger partial charge is 0.256 e. The lowest BCUT2D eigenvalue weighted by atomic mass is 10.1. The Morgan fingerprint density at radius 1 is 1.14 bits per heavy atom. The maximum Gasteiger partial charge on any atom is 0.256 e. The third-order valence-corrected chi connectivity index (χ3v) is 4.57. The first-order chi connectivity index (χ1) is 10.3. The average molecular weight is 322 g/mol. The first-order valence-electron chi connectivity index (χ1n) is 6.45. The number of sulfonamides is 1. The molecule has 0 aliphatic rings. The van der Waals surface area contributed by atoms with Gasteiger partial charge in [-0.25, -0.2) is 17.5 Å². The van der Waals surface area contributed by atoms with Crippen molar-refractivity contribution in [3.8, 4) is 0 Å². The highest BCUT2D eigenvalue weighted by molar-refractivity contribution is 7.89. The molecule has 22 heavy (non-hydrogen) atoms. The Balaban J connectivity index is 2.38. The molecule has 2 rings (SSSR count). The van der Waals surface area contributed by atoms with Gasteiger partial charge in [0.05, 0.1) is 10.6 Å². The van der Waals surface area contributed by atoms with Crippen LogP contribution in [0.25, 0.3) is 0 Å². The van der Waals surface area contributed by atoms with Crippen molar-refractivity contribution in [1.29, 1.82) is 0 Å². The zero-order valence-electron chi connectivity index (χ0n) is 12.1. The molecule has 2 N–H and O–H groups in total. The number of nitrogens with one attached hydrogen (secondary N) is 2. The number of hydrogen-bond donors (Lipinski definition) is 2. The van der Waals surface area contributed by atoms with Crippen LogP contribution in [0.1, 0.15) is 15.9 Å². The molecule has 0 unspecified atom stereocenters. The Labute approximate surface area is 128 Å². The van der Waals surface area contributed by atoms with E-state index in [0.717, 1.165) is 0 Å². The molecule has 2 aromatic rings. The number of benzene rings is 2. The zero-order chi connectivity index (χ0) is 16.3. The van der Waals surface area contributed by atoms with Crippen LogP contribution in [0.3, 0.4) is 0 Å². The van der Waals surface area contributed by atoms with Gasteiger partial charge in [0, 0.05) is 5.56 Å². The van der Waals surface area contributed by atoms with E-state index in [2.05, 4.69) is 10.0 Å². The maximum absolute atomic E-state index is 13.6. The minimum absolute atomic E-state index is 0.0284. The lowest BCUT2D eigenvalue weighted by molar-refractivity contribution is 0.102. The highest BCUT2D eigenvalue weighted by Crippen LogP contribution is 2.18. The van der Waals surface area contributed by atoms with E-state index in [4.69, 9.17) is 0 Å². The highest BCUT2D eigenvalue weighted by atomic mass is 32.2. The molecule has 0 aromatic heterocycles. The van der Waals surface area contributed by atoms with E-state index in [0.29, 0.717) is 5.56 Å². The van der Waals surface area contributed by atoms with Crippen molar-refractivity contribution >= 4 is 21.6 Å². The number of para-hydroxylation sites is 1. The number of rotatable bonds is 4. The summed E-state index contributed by atoms with van der Waals surface area (Å²) >= 11 is 0. The van der Waals surface area contributed by atoms with Gasteiger partial charge in [0.15, 0.2) is 0 Å². The molecule has 0 spiro atoms.